The zero-order valence-electron chi connectivity index (χ0n) is 36.0. The number of urea groups is 1. The molecule has 0 saturated heterocycles. The molecule has 0 aliphatic heterocycles. The van der Waals surface area contributed by atoms with Gasteiger partial charge in [0.15, 0.2) is 10.7 Å². The quantitative estimate of drug-likeness (QED) is 0.0224. The molecule has 6 N–H and O–H groups in total. The second kappa shape index (κ2) is 27.3. The maximum atomic E-state index is 11.9. The van der Waals surface area contributed by atoms with Crippen LogP contribution in [-0.2, 0) is 11.3 Å². The number of carbonyl (C=O) groups excluding carboxylic acids is 3. The molecule has 0 aliphatic rings. The molecular formula is C49H46IN9O6S. The summed E-state index contributed by atoms with van der Waals surface area (Å²) in [6.45, 7) is 4.40. The average Bonchev–Trinajstić information content (AvgIpc) is 3.73. The van der Waals surface area contributed by atoms with Crippen molar-refractivity contribution in [1.82, 2.24) is 20.6 Å². The van der Waals surface area contributed by atoms with E-state index < -0.39 is 5.97 Å². The minimum atomic E-state index is -1.21. The highest BCUT2D eigenvalue weighted by molar-refractivity contribution is 14.1. The van der Waals surface area contributed by atoms with Crippen LogP contribution in [0.4, 0.5) is 27.0 Å². The van der Waals surface area contributed by atoms with E-state index in [1.54, 1.807) is 66.5 Å². The Hall–Kier alpha value is -7.95. The molecule has 0 aliphatic carbocycles. The van der Waals surface area contributed by atoms with Crippen molar-refractivity contribution >= 4 is 90.2 Å². The molecule has 336 valence electrons. The Bertz CT molecular complexity index is 2700. The first-order valence-electron chi connectivity index (χ1n) is 20.0. The molecule has 0 fully saturated rings. The molecule has 17 heteroatoms. The minimum Gasteiger partial charge on any atom is -0.477 e. The van der Waals surface area contributed by atoms with E-state index in [0.29, 0.717) is 34.2 Å². The average molecular weight is 1020 g/mol. The number of nitriles is 1. The Morgan fingerprint density at radius 2 is 1.36 bits per heavy atom. The van der Waals surface area contributed by atoms with Gasteiger partial charge in [-0.25, -0.2) is 14.6 Å². The number of carboxylic acid groups (broad SMARTS) is 1. The zero-order chi connectivity index (χ0) is 47.7. The summed E-state index contributed by atoms with van der Waals surface area (Å²) in [6, 6.07) is 51.2. The van der Waals surface area contributed by atoms with Crippen LogP contribution in [0, 0.1) is 19.8 Å². The lowest BCUT2D eigenvalue weighted by Crippen LogP contribution is -2.34. The fourth-order valence-electron chi connectivity index (χ4n) is 5.35. The number of nitroso groups, excluding NO2 is 1. The van der Waals surface area contributed by atoms with Gasteiger partial charge in [0.2, 0.25) is 0 Å². The van der Waals surface area contributed by atoms with Gasteiger partial charge in [0.25, 0.3) is 11.8 Å². The molecule has 0 bridgehead atoms. The van der Waals surface area contributed by atoms with Gasteiger partial charge in [0.1, 0.15) is 11.8 Å². The largest absolute Gasteiger partial charge is 0.477 e. The summed E-state index contributed by atoms with van der Waals surface area (Å²) in [5, 5.41) is 29.0. The summed E-state index contributed by atoms with van der Waals surface area (Å²) in [6.07, 6.45) is 1.33. The zero-order valence-corrected chi connectivity index (χ0v) is 39.0. The fraction of sp³-hybridized carbons (Fsp3) is 0.102. The lowest BCUT2D eigenvalue weighted by Gasteiger charge is -2.13. The highest BCUT2D eigenvalue weighted by atomic mass is 127. The third-order valence-corrected chi connectivity index (χ3v) is 10.3. The Labute approximate surface area is 399 Å². The van der Waals surface area contributed by atoms with Crippen molar-refractivity contribution in [2.24, 2.45) is 5.18 Å². The van der Waals surface area contributed by atoms with Crippen molar-refractivity contribution in [2.45, 2.75) is 26.4 Å². The molecule has 0 unspecified atom stereocenters. The van der Waals surface area contributed by atoms with E-state index in [-0.39, 0.29) is 29.5 Å². The maximum absolute atomic E-state index is 11.9. The lowest BCUT2D eigenvalue weighted by atomic mass is 10.2. The molecule has 7 rings (SSSR count). The summed E-state index contributed by atoms with van der Waals surface area (Å²) in [5.74, 6) is -1.51. The number of benzene rings is 6. The number of amides is 4. The summed E-state index contributed by atoms with van der Waals surface area (Å²) < 4.78 is 2.02. The third-order valence-electron chi connectivity index (χ3n) is 8.39. The van der Waals surface area contributed by atoms with Crippen LogP contribution in [0.3, 0.4) is 0 Å². The number of carboxylic acids is 1. The number of rotatable bonds is 12. The molecular weight excluding hydrogens is 970 g/mol. The number of nitrogens with one attached hydrogen (secondary N) is 5. The standard InChI is InChI=1S/C13H10INO.C13H11N3O2.C12H12N2O2.C11H13N3OS/c14-12-9-5-4-8-11(12)13(16)15-10-6-2-1-3-7-10;17-13(10-4-2-1-3-5-10)15-14-11-6-8-12(16-18)9-7-11;1-14(9-11(7-13)12(15)16)8-10-5-3-2-4-6-10;1-7(2)12-10(15)14-11-13-8-5-3-4-6-9(8)16-11/h1-9H,(H,15,16);1-9,14H,(H,15,17);2-6,9H,8H2,1H3,(H,15,16);3-7H,1-2H3,(H2,12,13,14,15)/b;;11-9+;. The molecule has 0 spiro atoms. The first-order chi connectivity index (χ1) is 31.8. The van der Waals surface area contributed by atoms with Gasteiger partial charge in [-0.1, -0.05) is 102 Å². The summed E-state index contributed by atoms with van der Waals surface area (Å²) in [7, 11) is 1.73. The second-order valence-corrected chi connectivity index (χ2v) is 16.2. The van der Waals surface area contributed by atoms with Crippen molar-refractivity contribution in [3.63, 3.8) is 0 Å². The van der Waals surface area contributed by atoms with Gasteiger partial charge in [0.05, 0.1) is 21.5 Å². The molecule has 7 aromatic rings. The van der Waals surface area contributed by atoms with E-state index in [4.69, 9.17) is 10.4 Å². The monoisotopic (exact) mass is 1020 g/mol. The Balaban J connectivity index is 0.000000193. The molecule has 15 nitrogen and oxygen atoms in total. The van der Waals surface area contributed by atoms with Crippen LogP contribution in [0.5, 0.6) is 0 Å². The number of fused-ring (bicyclic) bond motifs is 1. The van der Waals surface area contributed by atoms with Gasteiger partial charge in [-0.05, 0) is 120 Å². The van der Waals surface area contributed by atoms with Gasteiger partial charge in [-0.15, -0.1) is 4.91 Å². The molecule has 0 saturated carbocycles. The highest BCUT2D eigenvalue weighted by Crippen LogP contribution is 2.25. The predicted molar refractivity (Wildman–Crippen MR) is 269 cm³/mol. The van der Waals surface area contributed by atoms with Crippen LogP contribution < -0.4 is 26.8 Å². The molecule has 1 heterocycles. The molecule has 6 aromatic carbocycles. The van der Waals surface area contributed by atoms with Crippen LogP contribution >= 0.6 is 33.9 Å². The maximum Gasteiger partial charge on any atom is 0.347 e. The van der Waals surface area contributed by atoms with Crippen molar-refractivity contribution < 1.29 is 24.3 Å². The van der Waals surface area contributed by atoms with E-state index in [9.17, 15) is 24.1 Å². The van der Waals surface area contributed by atoms with Crippen molar-refractivity contribution in [3.8, 4) is 6.07 Å². The van der Waals surface area contributed by atoms with Crippen molar-refractivity contribution in [3.05, 3.63) is 201 Å². The first-order valence-corrected chi connectivity index (χ1v) is 21.9. The predicted octanol–water partition coefficient (Wildman–Crippen LogP) is 10.8. The summed E-state index contributed by atoms with van der Waals surface area (Å²) in [5.41, 5.74) is 10.1. The van der Waals surface area contributed by atoms with E-state index >= 15 is 0 Å². The Kier molecular flexibility index (Phi) is 21.0. The van der Waals surface area contributed by atoms with Gasteiger partial charge in [-0.3, -0.25) is 25.8 Å². The SMILES string of the molecule is CC(C)NC(=O)Nc1nc2ccccc2s1.CN(/C=C(\C#N)C(=O)O)Cc1ccccc1.O=C(Nc1ccccc1)c1ccccc1I.O=Nc1ccc(NNC(=O)c2ccccc2)cc1. The topological polar surface area (TPSA) is 218 Å². The summed E-state index contributed by atoms with van der Waals surface area (Å²) >= 11 is 3.63. The third kappa shape index (κ3) is 18.0. The number of hydrogen-bond acceptors (Lipinski definition) is 11. The number of hydrazine groups is 1. The van der Waals surface area contributed by atoms with Gasteiger partial charge < -0.3 is 20.6 Å². The molecule has 66 heavy (non-hydrogen) atoms. The smallest absolute Gasteiger partial charge is 0.347 e. The number of aromatic nitrogens is 1. The van der Waals surface area contributed by atoms with Crippen LogP contribution in [0.25, 0.3) is 10.2 Å². The number of nitrogens with zero attached hydrogens (tertiary/aromatic N) is 4. The number of hydrogen-bond donors (Lipinski definition) is 6. The molecule has 0 radical (unpaired) electrons. The number of halogens is 1. The number of para-hydroxylation sites is 2. The molecule has 0 atom stereocenters. The normalized spacial score (nSPS) is 10.2. The number of carbonyl (C=O) groups is 4. The van der Waals surface area contributed by atoms with Crippen LogP contribution in [0.15, 0.2) is 181 Å². The van der Waals surface area contributed by atoms with Crippen molar-refractivity contribution in [2.75, 3.05) is 23.1 Å². The van der Waals surface area contributed by atoms with E-state index in [0.717, 1.165) is 25.0 Å². The Morgan fingerprint density at radius 3 is 1.95 bits per heavy atom. The van der Waals surface area contributed by atoms with Crippen molar-refractivity contribution in [1.29, 1.82) is 5.26 Å². The van der Waals surface area contributed by atoms with E-state index in [1.165, 1.54) is 17.5 Å². The fourth-order valence-corrected chi connectivity index (χ4v) is 6.85. The van der Waals surface area contributed by atoms with E-state index in [1.807, 2.05) is 129 Å². The number of anilines is 3. The minimum absolute atomic E-state index is 0.0730. The summed E-state index contributed by atoms with van der Waals surface area (Å²) in [4.78, 5) is 61.9. The second-order valence-electron chi connectivity index (χ2n) is 14.0. The van der Waals surface area contributed by atoms with Crippen LogP contribution in [0.2, 0.25) is 0 Å². The van der Waals surface area contributed by atoms with Gasteiger partial charge in [0, 0.05) is 40.7 Å². The Morgan fingerprint density at radius 1 is 0.773 bits per heavy atom. The molecule has 1 aromatic heterocycles. The highest BCUT2D eigenvalue weighted by Gasteiger charge is 2.10. The number of thiazole rings is 1. The van der Waals surface area contributed by atoms with Gasteiger partial charge in [-0.2, -0.15) is 5.26 Å². The number of aliphatic carboxylic acids is 1. The first kappa shape index (κ1) is 50.7. The van der Waals surface area contributed by atoms with Crippen LogP contribution in [0.1, 0.15) is 40.1 Å². The molecule has 4 amide bonds. The van der Waals surface area contributed by atoms with E-state index in [2.05, 4.69) is 59.6 Å². The lowest BCUT2D eigenvalue weighted by molar-refractivity contribution is -0.132. The van der Waals surface area contributed by atoms with Crippen LogP contribution in [-0.4, -0.2) is 51.9 Å². The van der Waals surface area contributed by atoms with Gasteiger partial charge >= 0.3 is 12.0 Å².